The van der Waals surface area contributed by atoms with Gasteiger partial charge in [0, 0.05) is 40.4 Å². The highest BCUT2D eigenvalue weighted by molar-refractivity contribution is 7.98. The van der Waals surface area contributed by atoms with E-state index in [2.05, 4.69) is 33.0 Å². The number of hydrogen-bond acceptors (Lipinski definition) is 14. The number of alkyl carbamates (subject to hydrolysis) is 1. The van der Waals surface area contributed by atoms with Crippen molar-refractivity contribution < 1.29 is 33.4 Å². The number of amides is 3. The zero-order valence-corrected chi connectivity index (χ0v) is 37.1. The summed E-state index contributed by atoms with van der Waals surface area (Å²) in [6, 6.07) is 16.1. The number of nitrogens with one attached hydrogen (secondary N) is 3. The summed E-state index contributed by atoms with van der Waals surface area (Å²) in [5.41, 5.74) is 2.79. The van der Waals surface area contributed by atoms with Crippen LogP contribution in [0.2, 0.25) is 5.02 Å². The van der Waals surface area contributed by atoms with E-state index in [-0.39, 0.29) is 13.2 Å². The summed E-state index contributed by atoms with van der Waals surface area (Å²) in [5.74, 6) is -0.489. The second-order valence-corrected chi connectivity index (χ2v) is 17.4. The quantitative estimate of drug-likeness (QED) is 0.0589. The van der Waals surface area contributed by atoms with E-state index in [0.29, 0.717) is 49.6 Å². The molecule has 5 rings (SSSR count). The summed E-state index contributed by atoms with van der Waals surface area (Å²) in [6.45, 7) is 10.8. The highest BCUT2D eigenvalue weighted by Crippen LogP contribution is 2.40. The van der Waals surface area contributed by atoms with E-state index < -0.39 is 47.6 Å². The van der Waals surface area contributed by atoms with Crippen molar-refractivity contribution in [1.29, 1.82) is 10.5 Å². The number of nitriles is 2. The lowest BCUT2D eigenvalue weighted by Gasteiger charge is -2.23. The van der Waals surface area contributed by atoms with Crippen LogP contribution < -0.4 is 25.6 Å². The number of thioether (sulfide) groups is 1. The van der Waals surface area contributed by atoms with Crippen molar-refractivity contribution in [2.24, 2.45) is 0 Å². The lowest BCUT2D eigenvalue weighted by atomic mass is 9.96. The number of carbonyl (C=O) groups is 4. The molecule has 15 nitrogen and oxygen atoms in total. The molecule has 1 saturated heterocycles. The molecule has 320 valence electrons. The van der Waals surface area contributed by atoms with Crippen molar-refractivity contribution in [3.05, 3.63) is 75.8 Å². The van der Waals surface area contributed by atoms with E-state index >= 15 is 0 Å². The normalized spacial score (nSPS) is 13.8. The largest absolute Gasteiger partial charge is 0.490 e. The molecule has 3 amide bonds. The molecule has 0 spiro atoms. The van der Waals surface area contributed by atoms with Gasteiger partial charge in [0.15, 0.2) is 0 Å². The number of rotatable bonds is 16. The molecule has 0 bridgehead atoms. The molecule has 0 radical (unpaired) electrons. The minimum absolute atomic E-state index is 0.000847. The SMILES string of the molecule is C[C@H](NC(=O)OC(C)(C)C)C(=O)N[C@@H](C)C(=O)N[C@@H](C)C(=O)OCCOc1ccc(-c2c(C#N)c(SCc3csc(-c4ccc(Cl)cc4)n3)nc(N3CCCC3)c2C#N)cc1. The number of benzene rings is 2. The molecule has 61 heavy (non-hydrogen) atoms. The van der Waals surface area contributed by atoms with E-state index in [4.69, 9.17) is 35.8 Å². The molecule has 0 aliphatic carbocycles. The van der Waals surface area contributed by atoms with Crippen molar-refractivity contribution in [3.63, 3.8) is 0 Å². The Kier molecular flexibility index (Phi) is 16.0. The van der Waals surface area contributed by atoms with Gasteiger partial charge in [0.25, 0.3) is 0 Å². The number of halogens is 1. The van der Waals surface area contributed by atoms with E-state index in [1.807, 2.05) is 29.6 Å². The molecular formula is C43H47ClN8O7S2. The van der Waals surface area contributed by atoms with Gasteiger partial charge >= 0.3 is 12.1 Å². The Morgan fingerprint density at radius 1 is 0.852 bits per heavy atom. The zero-order valence-electron chi connectivity index (χ0n) is 34.7. The monoisotopic (exact) mass is 886 g/mol. The molecule has 18 heteroatoms. The number of nitrogens with zero attached hydrogens (tertiary/aromatic N) is 5. The van der Waals surface area contributed by atoms with Crippen LogP contribution in [0, 0.1) is 22.7 Å². The molecule has 1 aliphatic heterocycles. The minimum atomic E-state index is -1.03. The molecule has 2 aromatic carbocycles. The molecule has 1 fully saturated rings. The first-order valence-corrected chi connectivity index (χ1v) is 21.8. The Hall–Kier alpha value is -5.88. The van der Waals surface area contributed by atoms with Crippen LogP contribution in [-0.4, -0.2) is 83.9 Å². The Labute approximate surface area is 368 Å². The molecule has 1 aliphatic rings. The third-order valence-corrected chi connectivity index (χ3v) is 11.3. The molecule has 3 N–H and O–H groups in total. The van der Waals surface area contributed by atoms with Crippen LogP contribution in [0.3, 0.4) is 0 Å². The van der Waals surface area contributed by atoms with Crippen molar-refractivity contribution in [2.45, 2.75) is 88.9 Å². The van der Waals surface area contributed by atoms with Crippen molar-refractivity contribution in [3.8, 4) is 39.6 Å². The van der Waals surface area contributed by atoms with Crippen LogP contribution in [0.5, 0.6) is 5.75 Å². The van der Waals surface area contributed by atoms with E-state index in [0.717, 1.165) is 42.2 Å². The van der Waals surface area contributed by atoms with Gasteiger partial charge in [-0.2, -0.15) is 10.5 Å². The van der Waals surface area contributed by atoms with Crippen LogP contribution >= 0.6 is 34.7 Å². The summed E-state index contributed by atoms with van der Waals surface area (Å²) in [6.07, 6.45) is 1.17. The Balaban J connectivity index is 1.18. The first-order valence-electron chi connectivity index (χ1n) is 19.5. The van der Waals surface area contributed by atoms with Gasteiger partial charge in [-0.3, -0.25) is 9.59 Å². The van der Waals surface area contributed by atoms with Gasteiger partial charge in [-0.15, -0.1) is 11.3 Å². The highest BCUT2D eigenvalue weighted by atomic mass is 35.5. The average molecular weight is 887 g/mol. The van der Waals surface area contributed by atoms with E-state index in [1.165, 1.54) is 43.9 Å². The summed E-state index contributed by atoms with van der Waals surface area (Å²) >= 11 is 8.99. The lowest BCUT2D eigenvalue weighted by Crippen LogP contribution is -2.54. The smallest absolute Gasteiger partial charge is 0.408 e. The predicted molar refractivity (Wildman–Crippen MR) is 233 cm³/mol. The average Bonchev–Trinajstić information content (AvgIpc) is 3.94. The first-order chi connectivity index (χ1) is 29.1. The summed E-state index contributed by atoms with van der Waals surface area (Å²) in [4.78, 5) is 61.6. The van der Waals surface area contributed by atoms with Gasteiger partial charge in [0.1, 0.15) is 76.2 Å². The summed E-state index contributed by atoms with van der Waals surface area (Å²) in [7, 11) is 0. The third kappa shape index (κ3) is 12.8. The fraction of sp³-hybridized carbons (Fsp3) is 0.395. The van der Waals surface area contributed by atoms with Gasteiger partial charge < -0.3 is 35.1 Å². The number of anilines is 1. The predicted octanol–water partition coefficient (Wildman–Crippen LogP) is 7.01. The van der Waals surface area contributed by atoms with Crippen molar-refractivity contribution in [1.82, 2.24) is 25.9 Å². The number of pyridine rings is 1. The topological polar surface area (TPSA) is 209 Å². The maximum Gasteiger partial charge on any atom is 0.408 e. The Bertz CT molecular complexity index is 2300. The molecule has 0 unspecified atom stereocenters. The van der Waals surface area contributed by atoms with Crippen LogP contribution in [0.25, 0.3) is 21.7 Å². The fourth-order valence-electron chi connectivity index (χ4n) is 6.05. The van der Waals surface area contributed by atoms with Gasteiger partial charge in [0.2, 0.25) is 11.8 Å². The molecule has 3 atom stereocenters. The standard InChI is InChI=1S/C43H47ClN8O7S2/c1-25(47-38(54)26(2)49-42(56)59-43(4,5)6)37(53)48-27(3)41(55)58-20-19-57-32-15-11-28(12-16-32)35-33(21-45)36(52-17-7-8-18-52)51-40(34(35)22-46)61-24-31-23-60-39(50-31)29-9-13-30(44)14-10-29/h9-16,23,25-27H,7-8,17-20,24H2,1-6H3,(H,47,54)(H,48,53)(H,49,56)/t25-,26-,27-/m0/s1. The number of thiazole rings is 1. The van der Waals surface area contributed by atoms with Crippen LogP contribution in [0.15, 0.2) is 58.9 Å². The minimum Gasteiger partial charge on any atom is -0.490 e. The molecule has 2 aromatic heterocycles. The molecular weight excluding hydrogens is 840 g/mol. The number of esters is 1. The van der Waals surface area contributed by atoms with Crippen molar-refractivity contribution >= 4 is 64.4 Å². The first kappa shape index (κ1) is 46.2. The molecule has 0 saturated carbocycles. The summed E-state index contributed by atoms with van der Waals surface area (Å²) < 4.78 is 16.3. The van der Waals surface area contributed by atoms with Gasteiger partial charge in [-0.1, -0.05) is 47.6 Å². The van der Waals surface area contributed by atoms with Crippen LogP contribution in [-0.2, 0) is 29.6 Å². The number of aromatic nitrogens is 2. The van der Waals surface area contributed by atoms with Crippen LogP contribution in [0.1, 0.15) is 71.2 Å². The number of hydrogen-bond donors (Lipinski definition) is 3. The number of carbonyl (C=O) groups excluding carboxylic acids is 4. The molecule has 3 heterocycles. The summed E-state index contributed by atoms with van der Waals surface area (Å²) in [5, 5.41) is 32.4. The maximum atomic E-state index is 12.7. The van der Waals surface area contributed by atoms with E-state index in [9.17, 15) is 29.7 Å². The van der Waals surface area contributed by atoms with E-state index in [1.54, 1.807) is 45.0 Å². The second-order valence-electron chi connectivity index (χ2n) is 15.1. The second kappa shape index (κ2) is 21.1. The lowest BCUT2D eigenvalue weighted by molar-refractivity contribution is -0.148. The third-order valence-electron chi connectivity index (χ3n) is 9.10. The van der Waals surface area contributed by atoms with Gasteiger partial charge in [-0.25, -0.2) is 19.6 Å². The van der Waals surface area contributed by atoms with Gasteiger partial charge in [0.05, 0.1) is 11.3 Å². The van der Waals surface area contributed by atoms with Gasteiger partial charge in [-0.05, 0) is 84.2 Å². The Morgan fingerprint density at radius 3 is 2.08 bits per heavy atom. The van der Waals surface area contributed by atoms with Crippen molar-refractivity contribution in [2.75, 3.05) is 31.2 Å². The zero-order chi connectivity index (χ0) is 44.3. The van der Waals surface area contributed by atoms with Crippen LogP contribution in [0.4, 0.5) is 10.6 Å². The number of ether oxygens (including phenoxy) is 3. The molecule has 4 aromatic rings. The maximum absolute atomic E-state index is 12.7. The highest BCUT2D eigenvalue weighted by Gasteiger charge is 2.28. The Morgan fingerprint density at radius 2 is 1.46 bits per heavy atom. The fourth-order valence-corrected chi connectivity index (χ4v) is 7.98.